The Morgan fingerprint density at radius 3 is 2.67 bits per heavy atom. The van der Waals surface area contributed by atoms with Gasteiger partial charge in [0.05, 0.1) is 11.1 Å². The molecule has 5 nitrogen and oxygen atoms in total. The summed E-state index contributed by atoms with van der Waals surface area (Å²) in [6.07, 6.45) is 4.10. The molecule has 2 aromatic heterocycles. The van der Waals surface area contributed by atoms with E-state index >= 15 is 0 Å². The van der Waals surface area contributed by atoms with E-state index in [-0.39, 0.29) is 11.5 Å². The van der Waals surface area contributed by atoms with E-state index in [4.69, 9.17) is 4.98 Å². The molecular weight excluding hydrogens is 378 g/mol. The van der Waals surface area contributed by atoms with Crippen molar-refractivity contribution in [3.05, 3.63) is 20.8 Å². The maximum Gasteiger partial charge on any atom is 0.263 e. The summed E-state index contributed by atoms with van der Waals surface area (Å²) in [6.45, 7) is 10.7. The number of amides is 1. The first kappa shape index (κ1) is 20.4. The first-order chi connectivity index (χ1) is 12.9. The summed E-state index contributed by atoms with van der Waals surface area (Å²) < 4.78 is 1.78. The number of aromatic nitrogens is 2. The van der Waals surface area contributed by atoms with E-state index in [1.165, 1.54) is 11.8 Å². The fraction of sp³-hybridized carbons (Fsp3) is 0.650. The Hall–Kier alpha value is -1.34. The number of likely N-dealkylation sites (tertiary alicyclic amines) is 1. The van der Waals surface area contributed by atoms with Gasteiger partial charge in [-0.15, -0.1) is 11.3 Å². The number of nitrogens with zero attached hydrogens (tertiary/aromatic N) is 3. The molecule has 148 valence electrons. The first-order valence-corrected chi connectivity index (χ1v) is 11.6. The van der Waals surface area contributed by atoms with Crippen molar-refractivity contribution in [3.63, 3.8) is 0 Å². The van der Waals surface area contributed by atoms with Crippen molar-refractivity contribution in [2.24, 2.45) is 5.92 Å². The van der Waals surface area contributed by atoms with Crippen molar-refractivity contribution in [1.82, 2.24) is 14.5 Å². The van der Waals surface area contributed by atoms with Crippen LogP contribution in [0.5, 0.6) is 0 Å². The van der Waals surface area contributed by atoms with Gasteiger partial charge in [-0.3, -0.25) is 14.2 Å². The summed E-state index contributed by atoms with van der Waals surface area (Å²) in [5.41, 5.74) is 1.07. The number of rotatable bonds is 6. The Morgan fingerprint density at radius 1 is 1.30 bits per heavy atom. The van der Waals surface area contributed by atoms with Crippen LogP contribution in [-0.4, -0.2) is 39.2 Å². The fourth-order valence-electron chi connectivity index (χ4n) is 3.41. The molecule has 0 spiro atoms. The summed E-state index contributed by atoms with van der Waals surface area (Å²) >= 11 is 2.98. The Kier molecular flexibility index (Phi) is 6.63. The zero-order chi connectivity index (χ0) is 19.6. The van der Waals surface area contributed by atoms with Gasteiger partial charge in [-0.05, 0) is 44.6 Å². The maximum atomic E-state index is 13.1. The molecule has 0 N–H and O–H groups in total. The van der Waals surface area contributed by atoms with Crippen LogP contribution in [0.2, 0.25) is 0 Å². The Morgan fingerprint density at radius 2 is 2.00 bits per heavy atom. The lowest BCUT2D eigenvalue weighted by Crippen LogP contribution is -2.39. The first-order valence-electron chi connectivity index (χ1n) is 9.83. The summed E-state index contributed by atoms with van der Waals surface area (Å²) in [4.78, 5) is 34.4. The van der Waals surface area contributed by atoms with Crippen molar-refractivity contribution in [3.8, 4) is 0 Å². The zero-order valence-corrected chi connectivity index (χ0v) is 18.3. The molecule has 1 saturated heterocycles. The highest BCUT2D eigenvalue weighted by atomic mass is 32.2. The molecule has 3 heterocycles. The van der Waals surface area contributed by atoms with E-state index in [2.05, 4.69) is 13.8 Å². The highest BCUT2D eigenvalue weighted by Gasteiger charge is 2.22. The van der Waals surface area contributed by atoms with Crippen LogP contribution >= 0.6 is 23.1 Å². The molecule has 0 radical (unpaired) electrons. The quantitative estimate of drug-likeness (QED) is 0.531. The second-order valence-corrected chi connectivity index (χ2v) is 9.67. The van der Waals surface area contributed by atoms with Crippen molar-refractivity contribution >= 4 is 39.2 Å². The average molecular weight is 408 g/mol. The Labute approximate surface area is 169 Å². The molecule has 1 aliphatic heterocycles. The lowest BCUT2D eigenvalue weighted by atomic mass is 9.99. The van der Waals surface area contributed by atoms with E-state index in [0.717, 1.165) is 59.4 Å². The number of hydrogen-bond donors (Lipinski definition) is 0. The molecule has 0 unspecified atom stereocenters. The maximum absolute atomic E-state index is 13.1. The minimum Gasteiger partial charge on any atom is -0.342 e. The Balaban J connectivity index is 1.84. The second kappa shape index (κ2) is 8.78. The third kappa shape index (κ3) is 4.40. The number of carbonyl (C=O) groups is 1. The minimum absolute atomic E-state index is 0.0389. The predicted molar refractivity (Wildman–Crippen MR) is 114 cm³/mol. The van der Waals surface area contributed by atoms with Crippen molar-refractivity contribution in [2.45, 2.75) is 65.1 Å². The van der Waals surface area contributed by atoms with Crippen LogP contribution < -0.4 is 5.56 Å². The van der Waals surface area contributed by atoms with Crippen molar-refractivity contribution in [2.75, 3.05) is 18.8 Å². The number of thioether (sulfide) groups is 1. The summed E-state index contributed by atoms with van der Waals surface area (Å²) in [6, 6.07) is 0. The lowest BCUT2D eigenvalue weighted by Gasteiger charge is -2.30. The summed E-state index contributed by atoms with van der Waals surface area (Å²) in [5.74, 6) is 1.21. The van der Waals surface area contributed by atoms with E-state index in [9.17, 15) is 9.59 Å². The third-order valence-electron chi connectivity index (χ3n) is 5.45. The van der Waals surface area contributed by atoms with E-state index < -0.39 is 0 Å². The normalized spacial score (nSPS) is 15.6. The molecule has 1 aliphatic rings. The van der Waals surface area contributed by atoms with Crippen LogP contribution in [0, 0.1) is 19.8 Å². The van der Waals surface area contributed by atoms with Crippen LogP contribution in [0.25, 0.3) is 10.2 Å². The molecule has 27 heavy (non-hydrogen) atoms. The van der Waals surface area contributed by atoms with Gasteiger partial charge in [-0.25, -0.2) is 4.98 Å². The number of unbranched alkanes of at least 4 members (excludes halogenated alkanes) is 1. The molecule has 1 amide bonds. The van der Waals surface area contributed by atoms with Gasteiger partial charge >= 0.3 is 0 Å². The fourth-order valence-corrected chi connectivity index (χ4v) is 5.41. The Bertz CT molecular complexity index is 879. The topological polar surface area (TPSA) is 55.2 Å². The molecule has 0 bridgehead atoms. The van der Waals surface area contributed by atoms with E-state index in [0.29, 0.717) is 23.4 Å². The molecule has 0 aliphatic carbocycles. The summed E-state index contributed by atoms with van der Waals surface area (Å²) in [7, 11) is 0. The summed E-state index contributed by atoms with van der Waals surface area (Å²) in [5, 5.41) is 1.43. The molecule has 0 aromatic carbocycles. The van der Waals surface area contributed by atoms with Gasteiger partial charge in [0.1, 0.15) is 4.83 Å². The van der Waals surface area contributed by atoms with Gasteiger partial charge in [0.2, 0.25) is 5.91 Å². The average Bonchev–Trinajstić information content (AvgIpc) is 2.93. The SMILES string of the molecule is CCCCn1c(SCC(=O)N2CCC(C)CC2)nc2sc(C)c(C)c2c1=O. The predicted octanol–water partition coefficient (Wildman–Crippen LogP) is 4.23. The third-order valence-corrected chi connectivity index (χ3v) is 7.51. The highest BCUT2D eigenvalue weighted by molar-refractivity contribution is 7.99. The van der Waals surface area contributed by atoms with E-state index in [1.54, 1.807) is 15.9 Å². The number of carbonyl (C=O) groups excluding carboxylic acids is 1. The van der Waals surface area contributed by atoms with E-state index in [1.807, 2.05) is 18.7 Å². The number of hydrogen-bond acceptors (Lipinski definition) is 5. The van der Waals surface area contributed by atoms with Gasteiger partial charge in [0, 0.05) is 24.5 Å². The van der Waals surface area contributed by atoms with Crippen LogP contribution in [0.3, 0.4) is 0 Å². The standard InChI is InChI=1S/C20H29N3O2S2/c1-5-6-9-23-19(25)17-14(3)15(4)27-18(17)21-20(23)26-12-16(24)22-10-7-13(2)8-11-22/h13H,5-12H2,1-4H3. The molecule has 7 heteroatoms. The van der Waals surface area contributed by atoms with Gasteiger partial charge in [-0.1, -0.05) is 32.0 Å². The van der Waals surface area contributed by atoms with Crippen LogP contribution in [0.1, 0.15) is 50.0 Å². The van der Waals surface area contributed by atoms with Crippen LogP contribution in [0.4, 0.5) is 0 Å². The molecule has 2 aromatic rings. The van der Waals surface area contributed by atoms with Gasteiger partial charge in [0.25, 0.3) is 5.56 Å². The molecule has 0 atom stereocenters. The largest absolute Gasteiger partial charge is 0.342 e. The van der Waals surface area contributed by atoms with Crippen LogP contribution in [0.15, 0.2) is 9.95 Å². The molecule has 0 saturated carbocycles. The van der Waals surface area contributed by atoms with Crippen LogP contribution in [-0.2, 0) is 11.3 Å². The smallest absolute Gasteiger partial charge is 0.263 e. The zero-order valence-electron chi connectivity index (χ0n) is 16.7. The second-order valence-electron chi connectivity index (χ2n) is 7.52. The molecule has 1 fully saturated rings. The molecule has 3 rings (SSSR count). The number of aryl methyl sites for hydroxylation is 2. The highest BCUT2D eigenvalue weighted by Crippen LogP contribution is 2.29. The monoisotopic (exact) mass is 407 g/mol. The lowest BCUT2D eigenvalue weighted by molar-refractivity contribution is -0.129. The van der Waals surface area contributed by atoms with Gasteiger partial charge in [-0.2, -0.15) is 0 Å². The number of fused-ring (bicyclic) bond motifs is 1. The van der Waals surface area contributed by atoms with Crippen molar-refractivity contribution in [1.29, 1.82) is 0 Å². The number of piperidine rings is 1. The van der Waals surface area contributed by atoms with Crippen molar-refractivity contribution < 1.29 is 4.79 Å². The minimum atomic E-state index is 0.0389. The number of thiophene rings is 1. The molecular formula is C20H29N3O2S2. The van der Waals surface area contributed by atoms with Gasteiger partial charge in [0.15, 0.2) is 5.16 Å². The van der Waals surface area contributed by atoms with Gasteiger partial charge < -0.3 is 4.90 Å².